The van der Waals surface area contributed by atoms with Crippen molar-refractivity contribution in [3.63, 3.8) is 0 Å². The molecule has 0 amide bonds. The highest BCUT2D eigenvalue weighted by atomic mass is 16.5. The summed E-state index contributed by atoms with van der Waals surface area (Å²) < 4.78 is 11.4. The summed E-state index contributed by atoms with van der Waals surface area (Å²) in [5, 5.41) is 10.9. The van der Waals surface area contributed by atoms with Crippen molar-refractivity contribution in [3.8, 4) is 17.6 Å². The molecule has 1 atom stereocenters. The van der Waals surface area contributed by atoms with Gasteiger partial charge in [0.2, 0.25) is 0 Å². The molecule has 1 heterocycles. The molecule has 0 radical (unpaired) electrons. The summed E-state index contributed by atoms with van der Waals surface area (Å²) in [6.07, 6.45) is -0.405. The maximum Gasteiger partial charge on any atom is 0.492 e. The van der Waals surface area contributed by atoms with E-state index in [0.717, 1.165) is 44.6 Å². The quantitative estimate of drug-likeness (QED) is 0.321. The van der Waals surface area contributed by atoms with Gasteiger partial charge in [0.05, 0.1) is 13.2 Å². The Bertz CT molecular complexity index is 1350. The van der Waals surface area contributed by atoms with Gasteiger partial charge in [0.15, 0.2) is 0 Å². The predicted molar refractivity (Wildman–Crippen MR) is 137 cm³/mol. The van der Waals surface area contributed by atoms with Crippen LogP contribution >= 0.6 is 0 Å². The van der Waals surface area contributed by atoms with E-state index in [1.54, 1.807) is 7.11 Å². The second-order valence-electron chi connectivity index (χ2n) is 8.03. The van der Waals surface area contributed by atoms with Crippen molar-refractivity contribution in [1.82, 2.24) is 0 Å². The van der Waals surface area contributed by atoms with Crippen LogP contribution in [0.5, 0.6) is 5.75 Å². The van der Waals surface area contributed by atoms with Gasteiger partial charge in [-0.3, -0.25) is 0 Å². The molecule has 0 aromatic heterocycles. The van der Waals surface area contributed by atoms with Crippen molar-refractivity contribution in [1.29, 1.82) is 0 Å². The third kappa shape index (κ3) is 4.53. The Hall–Kier alpha value is -4.04. The molecule has 164 valence electrons. The summed E-state index contributed by atoms with van der Waals surface area (Å²) in [5.41, 5.74) is 6.52. The van der Waals surface area contributed by atoms with Crippen LogP contribution in [0, 0.1) is 11.8 Å². The zero-order valence-corrected chi connectivity index (χ0v) is 18.8. The van der Waals surface area contributed by atoms with E-state index in [2.05, 4.69) is 11.8 Å². The van der Waals surface area contributed by atoms with Gasteiger partial charge in [-0.2, -0.15) is 0 Å². The Kier molecular flexibility index (Phi) is 6.31. The minimum atomic E-state index is -1.03. The van der Waals surface area contributed by atoms with Gasteiger partial charge in [-0.1, -0.05) is 84.6 Å². The number of benzene rings is 4. The summed E-state index contributed by atoms with van der Waals surface area (Å²) in [6, 6.07) is 35.7. The van der Waals surface area contributed by atoms with E-state index < -0.39 is 13.2 Å². The van der Waals surface area contributed by atoms with Crippen LogP contribution in [0.4, 0.5) is 0 Å². The SMILES string of the molecule is COc1ccc(C2OB(O)C(c3ccccc3)=C2c2ccc(C#Cc3ccccc3)cc2)cc1. The smallest absolute Gasteiger partial charge is 0.492 e. The molecule has 0 saturated carbocycles. The van der Waals surface area contributed by atoms with Crippen LogP contribution in [0.3, 0.4) is 0 Å². The molecule has 0 spiro atoms. The largest absolute Gasteiger partial charge is 0.497 e. The first-order chi connectivity index (χ1) is 16.7. The van der Waals surface area contributed by atoms with Gasteiger partial charge < -0.3 is 14.4 Å². The molecule has 0 saturated heterocycles. The van der Waals surface area contributed by atoms with Crippen molar-refractivity contribution in [2.45, 2.75) is 6.10 Å². The Labute approximate surface area is 200 Å². The summed E-state index contributed by atoms with van der Waals surface area (Å²) in [4.78, 5) is 0. The number of hydrogen-bond donors (Lipinski definition) is 1. The lowest BCUT2D eigenvalue weighted by Gasteiger charge is -2.17. The molecular weight excluding hydrogens is 419 g/mol. The number of methoxy groups -OCH3 is 1. The standard InChI is InChI=1S/C30H23BO3/c1-33-27-20-18-26(19-21-27)30-28(29(31(32)34-30)25-10-6-3-7-11-25)24-16-14-23(15-17-24)13-12-22-8-4-2-5-9-22/h2-11,14-21,30,32H,1H3. The zero-order chi connectivity index (χ0) is 23.3. The molecule has 1 N–H and O–H groups in total. The molecule has 1 unspecified atom stereocenters. The van der Waals surface area contributed by atoms with E-state index in [-0.39, 0.29) is 0 Å². The number of ether oxygens (including phenoxy) is 1. The lowest BCUT2D eigenvalue weighted by Crippen LogP contribution is -2.15. The number of rotatable bonds is 4. The third-order valence-corrected chi connectivity index (χ3v) is 5.89. The summed E-state index contributed by atoms with van der Waals surface area (Å²) >= 11 is 0. The van der Waals surface area contributed by atoms with Gasteiger partial charge in [-0.05, 0) is 64.1 Å². The highest BCUT2D eigenvalue weighted by Crippen LogP contribution is 2.46. The molecule has 5 rings (SSSR count). The van der Waals surface area contributed by atoms with Crippen LogP contribution in [0.15, 0.2) is 109 Å². The fourth-order valence-electron chi connectivity index (χ4n) is 4.18. The highest BCUT2D eigenvalue weighted by Gasteiger charge is 2.39. The lowest BCUT2D eigenvalue weighted by molar-refractivity contribution is 0.236. The van der Waals surface area contributed by atoms with Gasteiger partial charge in [0.25, 0.3) is 0 Å². The molecular formula is C30H23BO3. The molecule has 0 aliphatic carbocycles. The van der Waals surface area contributed by atoms with Crippen LogP contribution in [0.1, 0.15) is 33.9 Å². The molecule has 4 aromatic rings. The average Bonchev–Trinajstić information content (AvgIpc) is 3.26. The Morgan fingerprint density at radius 2 is 1.29 bits per heavy atom. The first-order valence-electron chi connectivity index (χ1n) is 11.2. The van der Waals surface area contributed by atoms with Crippen LogP contribution in [-0.4, -0.2) is 19.3 Å². The van der Waals surface area contributed by atoms with E-state index in [9.17, 15) is 5.02 Å². The summed E-state index contributed by atoms with van der Waals surface area (Å²) in [7, 11) is 0.619. The minimum absolute atomic E-state index is 0.405. The molecule has 4 heteroatoms. The van der Waals surface area contributed by atoms with Crippen LogP contribution in [0.25, 0.3) is 11.0 Å². The van der Waals surface area contributed by atoms with E-state index >= 15 is 0 Å². The van der Waals surface area contributed by atoms with Crippen molar-refractivity contribution in [3.05, 3.63) is 137 Å². The van der Waals surface area contributed by atoms with Crippen molar-refractivity contribution < 1.29 is 14.4 Å². The van der Waals surface area contributed by atoms with Gasteiger partial charge in [0, 0.05) is 11.1 Å². The van der Waals surface area contributed by atoms with Crippen molar-refractivity contribution in [2.75, 3.05) is 7.11 Å². The molecule has 0 bridgehead atoms. The van der Waals surface area contributed by atoms with Gasteiger partial charge >= 0.3 is 7.12 Å². The van der Waals surface area contributed by atoms with E-state index in [1.165, 1.54) is 0 Å². The second-order valence-corrected chi connectivity index (χ2v) is 8.03. The topological polar surface area (TPSA) is 38.7 Å². The second kappa shape index (κ2) is 9.85. The molecule has 0 fully saturated rings. The highest BCUT2D eigenvalue weighted by molar-refractivity contribution is 6.71. The Morgan fingerprint density at radius 1 is 0.706 bits per heavy atom. The Morgan fingerprint density at radius 3 is 1.91 bits per heavy atom. The maximum absolute atomic E-state index is 10.9. The monoisotopic (exact) mass is 442 g/mol. The lowest BCUT2D eigenvalue weighted by atomic mass is 9.72. The van der Waals surface area contributed by atoms with Crippen LogP contribution in [-0.2, 0) is 4.65 Å². The molecule has 4 aromatic carbocycles. The van der Waals surface area contributed by atoms with Crippen LogP contribution in [0.2, 0.25) is 0 Å². The van der Waals surface area contributed by atoms with Gasteiger partial charge in [-0.25, -0.2) is 0 Å². The fourth-order valence-corrected chi connectivity index (χ4v) is 4.18. The normalized spacial score (nSPS) is 15.1. The van der Waals surface area contributed by atoms with E-state index in [1.807, 2.05) is 109 Å². The zero-order valence-electron chi connectivity index (χ0n) is 18.8. The predicted octanol–water partition coefficient (Wildman–Crippen LogP) is 5.80. The fraction of sp³-hybridized carbons (Fsp3) is 0.0667. The Balaban J connectivity index is 1.56. The average molecular weight is 442 g/mol. The summed E-state index contributed by atoms with van der Waals surface area (Å²) in [6.45, 7) is 0. The first-order valence-corrected chi connectivity index (χ1v) is 11.2. The first kappa shape index (κ1) is 21.8. The van der Waals surface area contributed by atoms with E-state index in [0.29, 0.717) is 0 Å². The van der Waals surface area contributed by atoms with Crippen LogP contribution < -0.4 is 4.74 Å². The van der Waals surface area contributed by atoms with E-state index in [4.69, 9.17) is 9.39 Å². The van der Waals surface area contributed by atoms with Gasteiger partial charge in [0.1, 0.15) is 5.75 Å². The molecule has 3 nitrogen and oxygen atoms in total. The van der Waals surface area contributed by atoms with Gasteiger partial charge in [-0.15, -0.1) is 0 Å². The molecule has 1 aliphatic rings. The van der Waals surface area contributed by atoms with Crippen molar-refractivity contribution in [2.24, 2.45) is 0 Å². The minimum Gasteiger partial charge on any atom is -0.497 e. The van der Waals surface area contributed by atoms with Crippen molar-refractivity contribution >= 4 is 18.2 Å². The maximum atomic E-state index is 10.9. The number of hydrogen-bond acceptors (Lipinski definition) is 3. The molecule has 34 heavy (non-hydrogen) atoms. The third-order valence-electron chi connectivity index (χ3n) is 5.89. The summed E-state index contributed by atoms with van der Waals surface area (Å²) in [5.74, 6) is 7.20. The molecule has 1 aliphatic heterocycles.